The fraction of sp³-hybridized carbons (Fsp3) is 0.0769. The minimum absolute atomic E-state index is 0.165. The van der Waals surface area contributed by atoms with Crippen molar-refractivity contribution < 1.29 is 4.79 Å². The fourth-order valence-corrected chi connectivity index (χ4v) is 2.20. The van der Waals surface area contributed by atoms with Crippen LogP contribution in [0.4, 0.5) is 5.13 Å². The molecule has 0 saturated heterocycles. The van der Waals surface area contributed by atoms with E-state index < -0.39 is 0 Å². The van der Waals surface area contributed by atoms with Crippen molar-refractivity contribution in [2.45, 2.75) is 6.92 Å². The van der Waals surface area contributed by atoms with Crippen LogP contribution in [0.15, 0.2) is 48.6 Å². The first-order valence-electron chi connectivity index (χ1n) is 5.25. The highest BCUT2D eigenvalue weighted by Gasteiger charge is 2.04. The van der Waals surface area contributed by atoms with E-state index in [2.05, 4.69) is 10.3 Å². The van der Waals surface area contributed by atoms with Crippen molar-refractivity contribution in [3.63, 3.8) is 0 Å². The maximum absolute atomic E-state index is 11.5. The van der Waals surface area contributed by atoms with Crippen molar-refractivity contribution in [1.29, 1.82) is 0 Å². The van der Waals surface area contributed by atoms with Crippen LogP contribution in [0.25, 0.3) is 10.2 Å². The molecule has 0 aliphatic heterocycles. The van der Waals surface area contributed by atoms with E-state index in [0.717, 1.165) is 10.2 Å². The Morgan fingerprint density at radius 2 is 2.18 bits per heavy atom. The molecule has 1 amide bonds. The number of aromatic nitrogens is 1. The summed E-state index contributed by atoms with van der Waals surface area (Å²) in [6.45, 7) is 1.90. The average Bonchev–Trinajstić information content (AvgIpc) is 2.71. The number of nitrogens with one attached hydrogen (secondary N) is 1. The molecule has 17 heavy (non-hydrogen) atoms. The van der Waals surface area contributed by atoms with Gasteiger partial charge in [-0.2, -0.15) is 0 Å². The highest BCUT2D eigenvalue weighted by atomic mass is 32.1. The summed E-state index contributed by atoms with van der Waals surface area (Å²) in [5.41, 5.74) is 0.908. The Morgan fingerprint density at radius 3 is 2.94 bits per heavy atom. The highest BCUT2D eigenvalue weighted by molar-refractivity contribution is 7.22. The third-order valence-corrected chi connectivity index (χ3v) is 3.03. The van der Waals surface area contributed by atoms with Crippen LogP contribution in [0.2, 0.25) is 0 Å². The molecule has 2 aromatic rings. The number of hydrogen-bond donors (Lipinski definition) is 1. The first kappa shape index (κ1) is 11.5. The van der Waals surface area contributed by atoms with Gasteiger partial charge in [-0.3, -0.25) is 10.1 Å². The molecule has 0 fully saturated rings. The lowest BCUT2D eigenvalue weighted by atomic mass is 10.3. The molecule has 0 bridgehead atoms. The van der Waals surface area contributed by atoms with Crippen molar-refractivity contribution in [3.8, 4) is 0 Å². The summed E-state index contributed by atoms with van der Waals surface area (Å²) in [6.07, 6.45) is 6.84. The van der Waals surface area contributed by atoms with Gasteiger partial charge < -0.3 is 0 Å². The van der Waals surface area contributed by atoms with E-state index in [1.54, 1.807) is 12.2 Å². The predicted octanol–water partition coefficient (Wildman–Crippen LogP) is 3.37. The molecule has 3 nitrogen and oxygen atoms in total. The third kappa shape index (κ3) is 3.01. The van der Waals surface area contributed by atoms with Crippen LogP contribution >= 0.6 is 11.3 Å². The maximum atomic E-state index is 11.5. The zero-order valence-corrected chi connectivity index (χ0v) is 10.2. The number of rotatable bonds is 3. The molecule has 1 aromatic heterocycles. The Balaban J connectivity index is 2.10. The fourth-order valence-electron chi connectivity index (χ4n) is 1.33. The van der Waals surface area contributed by atoms with Gasteiger partial charge in [-0.15, -0.1) is 0 Å². The molecule has 2 rings (SSSR count). The number of hydrogen-bond acceptors (Lipinski definition) is 3. The van der Waals surface area contributed by atoms with Crippen molar-refractivity contribution in [1.82, 2.24) is 4.98 Å². The van der Waals surface area contributed by atoms with Gasteiger partial charge >= 0.3 is 0 Å². The van der Waals surface area contributed by atoms with Crippen LogP contribution in [0.1, 0.15) is 6.92 Å². The summed E-state index contributed by atoms with van der Waals surface area (Å²) >= 11 is 1.47. The standard InChI is InChI=1S/C13H12N2OS/c1-2-3-4-9-12(16)15-13-14-10-7-5-6-8-11(10)17-13/h2-9H,1H3,(H,14,15,16)/b3-2+,9-4+. The largest absolute Gasteiger partial charge is 0.298 e. The monoisotopic (exact) mass is 244 g/mol. The number of nitrogens with zero attached hydrogens (tertiary/aromatic N) is 1. The smallest absolute Gasteiger partial charge is 0.250 e. The molecule has 1 heterocycles. The van der Waals surface area contributed by atoms with Crippen molar-refractivity contribution in [3.05, 3.63) is 48.6 Å². The number of carbonyl (C=O) groups is 1. The van der Waals surface area contributed by atoms with Gasteiger partial charge in [-0.05, 0) is 19.1 Å². The van der Waals surface area contributed by atoms with Gasteiger partial charge in [0.2, 0.25) is 5.91 Å². The average molecular weight is 244 g/mol. The molecule has 0 aliphatic rings. The second-order valence-electron chi connectivity index (χ2n) is 3.36. The number of allylic oxidation sites excluding steroid dienone is 3. The van der Waals surface area contributed by atoms with E-state index in [-0.39, 0.29) is 5.91 Å². The van der Waals surface area contributed by atoms with E-state index in [1.165, 1.54) is 17.4 Å². The summed E-state index contributed by atoms with van der Waals surface area (Å²) in [5.74, 6) is -0.165. The van der Waals surface area contributed by atoms with E-state index in [0.29, 0.717) is 5.13 Å². The SMILES string of the molecule is C/C=C/C=C/C(=O)Nc1nc2ccccc2s1. The van der Waals surface area contributed by atoms with E-state index in [1.807, 2.05) is 37.3 Å². The number of benzene rings is 1. The van der Waals surface area contributed by atoms with Crippen LogP contribution in [0.5, 0.6) is 0 Å². The second-order valence-corrected chi connectivity index (χ2v) is 4.39. The summed E-state index contributed by atoms with van der Waals surface area (Å²) in [4.78, 5) is 15.8. The van der Waals surface area contributed by atoms with E-state index in [9.17, 15) is 4.79 Å². The van der Waals surface area contributed by atoms with Crippen LogP contribution in [0, 0.1) is 0 Å². The van der Waals surface area contributed by atoms with Crippen LogP contribution in [-0.2, 0) is 4.79 Å². The number of amides is 1. The summed E-state index contributed by atoms with van der Waals surface area (Å²) in [5, 5.41) is 3.36. The minimum atomic E-state index is -0.165. The van der Waals surface area contributed by atoms with E-state index >= 15 is 0 Å². The van der Waals surface area contributed by atoms with Crippen molar-refractivity contribution in [2.75, 3.05) is 5.32 Å². The van der Waals surface area contributed by atoms with Crippen molar-refractivity contribution in [2.24, 2.45) is 0 Å². The molecular formula is C13H12N2OS. The molecule has 0 saturated carbocycles. The number of carbonyl (C=O) groups excluding carboxylic acids is 1. The molecule has 0 spiro atoms. The Hall–Kier alpha value is -1.94. The Bertz CT molecular complexity index is 551. The van der Waals surface area contributed by atoms with E-state index in [4.69, 9.17) is 0 Å². The molecule has 86 valence electrons. The van der Waals surface area contributed by atoms with Gasteiger partial charge in [0.15, 0.2) is 5.13 Å². The topological polar surface area (TPSA) is 42.0 Å². The molecule has 0 aliphatic carbocycles. The quantitative estimate of drug-likeness (QED) is 0.664. The maximum Gasteiger partial charge on any atom is 0.250 e. The Kier molecular flexibility index (Phi) is 3.67. The number of anilines is 1. The normalized spacial score (nSPS) is 11.6. The zero-order chi connectivity index (χ0) is 12.1. The number of fused-ring (bicyclic) bond motifs is 1. The molecule has 1 N–H and O–H groups in total. The predicted molar refractivity (Wildman–Crippen MR) is 72.2 cm³/mol. The first-order chi connectivity index (χ1) is 8.29. The van der Waals surface area contributed by atoms with Gasteiger partial charge in [0.05, 0.1) is 10.2 Å². The van der Waals surface area contributed by atoms with Gasteiger partial charge in [0.1, 0.15) is 0 Å². The summed E-state index contributed by atoms with van der Waals surface area (Å²) in [7, 11) is 0. The van der Waals surface area contributed by atoms with Gasteiger partial charge in [0.25, 0.3) is 0 Å². The summed E-state index contributed by atoms with van der Waals surface area (Å²) in [6, 6.07) is 7.80. The molecular weight excluding hydrogens is 232 g/mol. The molecule has 1 aromatic carbocycles. The van der Waals surface area contributed by atoms with Crippen molar-refractivity contribution >= 4 is 32.6 Å². The van der Waals surface area contributed by atoms with Gasteiger partial charge in [-0.1, -0.05) is 41.7 Å². The first-order valence-corrected chi connectivity index (χ1v) is 6.07. The molecule has 0 unspecified atom stereocenters. The molecule has 0 radical (unpaired) electrons. The van der Waals surface area contributed by atoms with Gasteiger partial charge in [0, 0.05) is 6.08 Å². The number of para-hydroxylation sites is 1. The molecule has 4 heteroatoms. The lowest BCUT2D eigenvalue weighted by Crippen LogP contribution is -2.06. The van der Waals surface area contributed by atoms with Gasteiger partial charge in [-0.25, -0.2) is 4.98 Å². The zero-order valence-electron chi connectivity index (χ0n) is 9.38. The Morgan fingerprint density at radius 1 is 1.35 bits per heavy atom. The lowest BCUT2D eigenvalue weighted by Gasteiger charge is -1.93. The second kappa shape index (κ2) is 5.41. The Labute approximate surface area is 103 Å². The van der Waals surface area contributed by atoms with Crippen LogP contribution in [0.3, 0.4) is 0 Å². The number of thiazole rings is 1. The lowest BCUT2D eigenvalue weighted by molar-refractivity contribution is -0.111. The van der Waals surface area contributed by atoms with Crippen LogP contribution in [-0.4, -0.2) is 10.9 Å². The third-order valence-electron chi connectivity index (χ3n) is 2.08. The minimum Gasteiger partial charge on any atom is -0.298 e. The molecule has 0 atom stereocenters. The summed E-state index contributed by atoms with van der Waals surface area (Å²) < 4.78 is 1.07. The highest BCUT2D eigenvalue weighted by Crippen LogP contribution is 2.25. The van der Waals surface area contributed by atoms with Crippen LogP contribution < -0.4 is 5.32 Å².